The first kappa shape index (κ1) is 14.0. The van der Waals surface area contributed by atoms with Crippen molar-refractivity contribution in [3.05, 3.63) is 22.7 Å². The molecular weight excluding hydrogens is 270 g/mol. The molecule has 6 heteroatoms. The predicted octanol–water partition coefficient (Wildman–Crippen LogP) is 1.97. The predicted molar refractivity (Wildman–Crippen MR) is 72.4 cm³/mol. The molecule has 0 bridgehead atoms. The maximum Gasteiger partial charge on any atom is 0.341 e. The van der Waals surface area contributed by atoms with Gasteiger partial charge in [-0.2, -0.15) is 0 Å². The number of carbonyl (C=O) groups is 1. The first-order valence-corrected chi connectivity index (χ1v) is 6.33. The van der Waals surface area contributed by atoms with E-state index in [-0.39, 0.29) is 0 Å². The van der Waals surface area contributed by atoms with Gasteiger partial charge in [-0.1, -0.05) is 11.6 Å². The van der Waals surface area contributed by atoms with Crippen molar-refractivity contribution in [2.75, 3.05) is 45.4 Å². The summed E-state index contributed by atoms with van der Waals surface area (Å²) in [5, 5.41) is 0.503. The third-order valence-corrected chi connectivity index (χ3v) is 3.33. The van der Waals surface area contributed by atoms with Gasteiger partial charge in [-0.3, -0.25) is 0 Å². The Bertz CT molecular complexity index is 472. The normalized spacial score (nSPS) is 15.2. The van der Waals surface area contributed by atoms with Crippen molar-refractivity contribution in [3.63, 3.8) is 0 Å². The molecule has 0 saturated carbocycles. The highest BCUT2D eigenvalue weighted by Gasteiger charge is 2.20. The van der Waals surface area contributed by atoms with E-state index in [2.05, 4.69) is 4.90 Å². The Kier molecular flexibility index (Phi) is 4.50. The molecule has 0 N–H and O–H groups in total. The molecule has 104 valence electrons. The molecule has 0 atom stereocenters. The third kappa shape index (κ3) is 2.93. The second kappa shape index (κ2) is 6.12. The lowest BCUT2D eigenvalue weighted by Gasteiger charge is -2.30. The summed E-state index contributed by atoms with van der Waals surface area (Å²) in [5.41, 5.74) is 1.17. The van der Waals surface area contributed by atoms with Crippen LogP contribution in [0.5, 0.6) is 5.75 Å². The van der Waals surface area contributed by atoms with Gasteiger partial charge in [0.25, 0.3) is 0 Å². The average Bonchev–Trinajstić information content (AvgIpc) is 2.47. The quantitative estimate of drug-likeness (QED) is 0.795. The van der Waals surface area contributed by atoms with E-state index in [4.69, 9.17) is 25.8 Å². The standard InChI is InChI=1S/C13H16ClNO4/c1-17-12-8-11(15-3-5-19-6-4-15)10(14)7-9(12)13(16)18-2/h7-8H,3-6H2,1-2H3. The molecule has 2 rings (SSSR count). The van der Waals surface area contributed by atoms with Crippen LogP contribution in [0.2, 0.25) is 5.02 Å². The Morgan fingerprint density at radius 2 is 2.00 bits per heavy atom. The average molecular weight is 286 g/mol. The molecule has 1 aliphatic rings. The Morgan fingerprint density at radius 3 is 2.58 bits per heavy atom. The van der Waals surface area contributed by atoms with Gasteiger partial charge in [0.05, 0.1) is 38.1 Å². The van der Waals surface area contributed by atoms with Gasteiger partial charge in [-0.15, -0.1) is 0 Å². The highest BCUT2D eigenvalue weighted by Crippen LogP contribution is 2.34. The minimum Gasteiger partial charge on any atom is -0.496 e. The number of hydrogen-bond donors (Lipinski definition) is 0. The van der Waals surface area contributed by atoms with E-state index in [1.165, 1.54) is 14.2 Å². The van der Waals surface area contributed by atoms with Crippen molar-refractivity contribution >= 4 is 23.3 Å². The summed E-state index contributed by atoms with van der Waals surface area (Å²) in [6, 6.07) is 3.34. The van der Waals surface area contributed by atoms with E-state index in [1.54, 1.807) is 12.1 Å². The number of hydrogen-bond acceptors (Lipinski definition) is 5. The van der Waals surface area contributed by atoms with Crippen molar-refractivity contribution in [2.45, 2.75) is 0 Å². The Balaban J connectivity index is 2.37. The number of esters is 1. The number of anilines is 1. The minimum absolute atomic E-state index is 0.326. The summed E-state index contributed by atoms with van der Waals surface area (Å²) in [4.78, 5) is 13.7. The number of halogens is 1. The number of rotatable bonds is 3. The molecule has 0 aromatic heterocycles. The first-order chi connectivity index (χ1) is 9.17. The van der Waals surface area contributed by atoms with E-state index in [0.29, 0.717) is 29.5 Å². The van der Waals surface area contributed by atoms with Crippen LogP contribution in [0.15, 0.2) is 12.1 Å². The molecule has 0 spiro atoms. The molecule has 1 fully saturated rings. The second-order valence-electron chi connectivity index (χ2n) is 4.09. The number of carbonyl (C=O) groups excluding carboxylic acids is 1. The van der Waals surface area contributed by atoms with Crippen LogP contribution in [0.4, 0.5) is 5.69 Å². The Labute approximate surface area is 117 Å². The van der Waals surface area contributed by atoms with Gasteiger partial charge in [0, 0.05) is 19.2 Å². The van der Waals surface area contributed by atoms with Crippen molar-refractivity contribution < 1.29 is 19.0 Å². The smallest absolute Gasteiger partial charge is 0.341 e. The lowest BCUT2D eigenvalue weighted by molar-refractivity contribution is 0.0597. The maximum atomic E-state index is 11.6. The molecule has 19 heavy (non-hydrogen) atoms. The minimum atomic E-state index is -0.465. The monoisotopic (exact) mass is 285 g/mol. The molecular formula is C13H16ClNO4. The van der Waals surface area contributed by atoms with Crippen molar-refractivity contribution in [1.29, 1.82) is 0 Å². The van der Waals surface area contributed by atoms with Crippen LogP contribution in [-0.2, 0) is 9.47 Å². The van der Waals surface area contributed by atoms with Gasteiger partial charge in [-0.05, 0) is 6.07 Å². The van der Waals surface area contributed by atoms with Crippen molar-refractivity contribution in [2.24, 2.45) is 0 Å². The van der Waals surface area contributed by atoms with Crippen LogP contribution in [0, 0.1) is 0 Å². The van der Waals surface area contributed by atoms with Gasteiger partial charge in [0.15, 0.2) is 0 Å². The summed E-state index contributed by atoms with van der Waals surface area (Å²) < 4.78 is 15.3. The first-order valence-electron chi connectivity index (χ1n) is 5.96. The molecule has 0 radical (unpaired) electrons. The number of methoxy groups -OCH3 is 2. The van der Waals surface area contributed by atoms with Crippen LogP contribution in [0.25, 0.3) is 0 Å². The summed E-state index contributed by atoms with van der Waals surface area (Å²) in [7, 11) is 2.84. The zero-order valence-electron chi connectivity index (χ0n) is 10.9. The van der Waals surface area contributed by atoms with Gasteiger partial charge >= 0.3 is 5.97 Å². The Hall–Kier alpha value is -1.46. The molecule has 1 heterocycles. The van der Waals surface area contributed by atoms with E-state index >= 15 is 0 Å². The van der Waals surface area contributed by atoms with Crippen molar-refractivity contribution in [1.82, 2.24) is 0 Å². The highest BCUT2D eigenvalue weighted by atomic mass is 35.5. The number of benzene rings is 1. The molecule has 1 saturated heterocycles. The SMILES string of the molecule is COC(=O)c1cc(Cl)c(N2CCOCC2)cc1OC. The Morgan fingerprint density at radius 1 is 1.32 bits per heavy atom. The van der Waals surface area contributed by atoms with E-state index in [0.717, 1.165) is 18.8 Å². The molecule has 0 amide bonds. The van der Waals surface area contributed by atoms with E-state index < -0.39 is 5.97 Å². The van der Waals surface area contributed by atoms with Gasteiger partial charge < -0.3 is 19.1 Å². The molecule has 1 aliphatic heterocycles. The van der Waals surface area contributed by atoms with Gasteiger partial charge in [0.1, 0.15) is 11.3 Å². The second-order valence-corrected chi connectivity index (χ2v) is 4.50. The van der Waals surface area contributed by atoms with Crippen LogP contribution < -0.4 is 9.64 Å². The van der Waals surface area contributed by atoms with Crippen LogP contribution in [-0.4, -0.2) is 46.5 Å². The third-order valence-electron chi connectivity index (χ3n) is 3.03. The summed E-state index contributed by atoms with van der Waals surface area (Å²) >= 11 is 6.25. The molecule has 1 aromatic carbocycles. The molecule has 1 aromatic rings. The molecule has 0 unspecified atom stereocenters. The van der Waals surface area contributed by atoms with Crippen LogP contribution in [0.1, 0.15) is 10.4 Å². The topological polar surface area (TPSA) is 48.0 Å². The lowest BCUT2D eigenvalue weighted by atomic mass is 10.1. The zero-order valence-corrected chi connectivity index (χ0v) is 11.7. The van der Waals surface area contributed by atoms with Crippen molar-refractivity contribution in [3.8, 4) is 5.75 Å². The van der Waals surface area contributed by atoms with E-state index in [9.17, 15) is 4.79 Å². The summed E-state index contributed by atoms with van der Waals surface area (Å²) in [5.74, 6) is -0.00924. The maximum absolute atomic E-state index is 11.6. The zero-order chi connectivity index (χ0) is 13.8. The van der Waals surface area contributed by atoms with Gasteiger partial charge in [-0.25, -0.2) is 4.79 Å². The summed E-state index contributed by atoms with van der Waals surface area (Å²) in [6.45, 7) is 2.86. The highest BCUT2D eigenvalue weighted by molar-refractivity contribution is 6.33. The number of nitrogens with zero attached hydrogens (tertiary/aromatic N) is 1. The van der Waals surface area contributed by atoms with E-state index in [1.807, 2.05) is 0 Å². The van der Waals surface area contributed by atoms with Crippen LogP contribution in [0.3, 0.4) is 0 Å². The molecule has 5 nitrogen and oxygen atoms in total. The lowest BCUT2D eigenvalue weighted by Crippen LogP contribution is -2.36. The van der Waals surface area contributed by atoms with Crippen LogP contribution >= 0.6 is 11.6 Å². The fourth-order valence-corrected chi connectivity index (χ4v) is 2.31. The number of morpholine rings is 1. The fourth-order valence-electron chi connectivity index (χ4n) is 2.03. The summed E-state index contributed by atoms with van der Waals surface area (Å²) in [6.07, 6.45) is 0. The fraction of sp³-hybridized carbons (Fsp3) is 0.462. The molecule has 0 aliphatic carbocycles. The number of ether oxygens (including phenoxy) is 3. The largest absolute Gasteiger partial charge is 0.496 e. The van der Waals surface area contributed by atoms with Gasteiger partial charge in [0.2, 0.25) is 0 Å².